The van der Waals surface area contributed by atoms with Crippen LogP contribution in [0.3, 0.4) is 0 Å². The van der Waals surface area contributed by atoms with E-state index in [0.717, 1.165) is 29.7 Å². The third-order valence-corrected chi connectivity index (χ3v) is 4.85. The van der Waals surface area contributed by atoms with Crippen LogP contribution in [0.15, 0.2) is 24.3 Å². The summed E-state index contributed by atoms with van der Waals surface area (Å²) in [5.41, 5.74) is 2.46. The molecule has 6 nitrogen and oxygen atoms in total. The van der Waals surface area contributed by atoms with Crippen LogP contribution in [0.25, 0.3) is 11.1 Å². The Morgan fingerprint density at radius 3 is 2.54 bits per heavy atom. The Kier molecular flexibility index (Phi) is 5.56. The number of aliphatic hydroxyl groups is 1. The second-order valence-corrected chi connectivity index (χ2v) is 6.76. The average Bonchev–Trinajstić information content (AvgIpc) is 2.93. The van der Waals surface area contributed by atoms with Crippen LogP contribution in [0.1, 0.15) is 38.3 Å². The first kappa shape index (κ1) is 18.4. The zero-order chi connectivity index (χ0) is 18.7. The smallest absolute Gasteiger partial charge is 0.320 e. The summed E-state index contributed by atoms with van der Waals surface area (Å²) in [4.78, 5) is 12.5. The number of anilines is 1. The van der Waals surface area contributed by atoms with Crippen LogP contribution in [0, 0.1) is 5.82 Å². The van der Waals surface area contributed by atoms with E-state index in [-0.39, 0.29) is 24.0 Å². The van der Waals surface area contributed by atoms with E-state index in [1.807, 2.05) is 6.92 Å². The summed E-state index contributed by atoms with van der Waals surface area (Å²) in [7, 11) is 1.78. The van der Waals surface area contributed by atoms with E-state index in [2.05, 4.69) is 15.7 Å². The van der Waals surface area contributed by atoms with Crippen LogP contribution < -0.4 is 10.6 Å². The van der Waals surface area contributed by atoms with Gasteiger partial charge in [-0.05, 0) is 49.8 Å². The molecule has 0 spiro atoms. The largest absolute Gasteiger partial charge is 0.393 e. The highest BCUT2D eigenvalue weighted by atomic mass is 19.1. The van der Waals surface area contributed by atoms with E-state index < -0.39 is 0 Å². The SMILES string of the molecule is CCc1nn(C)c(NC(=O)NC2CCC(O)CC2)c1-c1ccc(F)cc1. The van der Waals surface area contributed by atoms with Gasteiger partial charge in [-0.15, -0.1) is 0 Å². The molecule has 26 heavy (non-hydrogen) atoms. The number of nitrogens with one attached hydrogen (secondary N) is 2. The van der Waals surface area contributed by atoms with Gasteiger partial charge < -0.3 is 10.4 Å². The summed E-state index contributed by atoms with van der Waals surface area (Å²) >= 11 is 0. The highest BCUT2D eigenvalue weighted by Crippen LogP contribution is 2.32. The van der Waals surface area contributed by atoms with Crippen molar-refractivity contribution < 1.29 is 14.3 Å². The summed E-state index contributed by atoms with van der Waals surface area (Å²) in [6.45, 7) is 1.99. The molecule has 1 saturated carbocycles. The Labute approximate surface area is 152 Å². The summed E-state index contributed by atoms with van der Waals surface area (Å²) in [5, 5.41) is 19.9. The summed E-state index contributed by atoms with van der Waals surface area (Å²) in [6.07, 6.45) is 3.39. The van der Waals surface area contributed by atoms with E-state index in [1.165, 1.54) is 12.1 Å². The van der Waals surface area contributed by atoms with Gasteiger partial charge in [0.2, 0.25) is 0 Å². The van der Waals surface area contributed by atoms with Gasteiger partial charge in [0.05, 0.1) is 11.8 Å². The van der Waals surface area contributed by atoms with Gasteiger partial charge in [0.1, 0.15) is 11.6 Å². The number of amides is 2. The van der Waals surface area contributed by atoms with Gasteiger partial charge in [0.25, 0.3) is 0 Å². The molecule has 1 aliphatic rings. The van der Waals surface area contributed by atoms with Crippen LogP contribution in [0.2, 0.25) is 0 Å². The summed E-state index contributed by atoms with van der Waals surface area (Å²) < 4.78 is 14.9. The molecule has 0 atom stereocenters. The van der Waals surface area contributed by atoms with Crippen molar-refractivity contribution in [3.63, 3.8) is 0 Å². The molecule has 1 aromatic heterocycles. The van der Waals surface area contributed by atoms with Gasteiger partial charge in [0.15, 0.2) is 0 Å². The lowest BCUT2D eigenvalue weighted by Gasteiger charge is -2.26. The maximum atomic E-state index is 13.3. The molecule has 3 rings (SSSR count). The van der Waals surface area contributed by atoms with E-state index in [0.29, 0.717) is 25.1 Å². The molecule has 1 fully saturated rings. The van der Waals surface area contributed by atoms with Crippen LogP contribution in [0.4, 0.5) is 15.0 Å². The monoisotopic (exact) mass is 360 g/mol. The zero-order valence-electron chi connectivity index (χ0n) is 15.1. The van der Waals surface area contributed by atoms with Gasteiger partial charge in [0, 0.05) is 18.7 Å². The van der Waals surface area contributed by atoms with E-state index in [9.17, 15) is 14.3 Å². The lowest BCUT2D eigenvalue weighted by molar-refractivity contribution is 0.118. The molecule has 1 aliphatic carbocycles. The quantitative estimate of drug-likeness (QED) is 0.783. The maximum absolute atomic E-state index is 13.3. The molecule has 2 amide bonds. The fraction of sp³-hybridized carbons (Fsp3) is 0.474. The number of carbonyl (C=O) groups is 1. The lowest BCUT2D eigenvalue weighted by Crippen LogP contribution is -2.41. The zero-order valence-corrected chi connectivity index (χ0v) is 15.1. The number of benzene rings is 1. The van der Waals surface area contributed by atoms with Gasteiger partial charge in [-0.2, -0.15) is 5.10 Å². The summed E-state index contributed by atoms with van der Waals surface area (Å²) in [5.74, 6) is 0.282. The third-order valence-electron chi connectivity index (χ3n) is 4.85. The van der Waals surface area contributed by atoms with Gasteiger partial charge >= 0.3 is 6.03 Å². The number of aliphatic hydroxyl groups excluding tert-OH is 1. The number of hydrogen-bond donors (Lipinski definition) is 3. The highest BCUT2D eigenvalue weighted by molar-refractivity contribution is 5.94. The van der Waals surface area contributed by atoms with Crippen molar-refractivity contribution in [3.05, 3.63) is 35.8 Å². The molecule has 1 heterocycles. The van der Waals surface area contributed by atoms with Gasteiger partial charge in [-0.3, -0.25) is 10.00 Å². The normalized spacial score (nSPS) is 20.0. The van der Waals surface area contributed by atoms with Crippen LogP contribution in [0.5, 0.6) is 0 Å². The van der Waals surface area contributed by atoms with E-state index in [1.54, 1.807) is 23.9 Å². The number of urea groups is 1. The number of halogens is 1. The topological polar surface area (TPSA) is 79.2 Å². The first-order valence-electron chi connectivity index (χ1n) is 9.05. The minimum absolute atomic E-state index is 0.0616. The van der Waals surface area contributed by atoms with Crippen molar-refractivity contribution in [2.24, 2.45) is 7.05 Å². The van der Waals surface area contributed by atoms with Crippen molar-refractivity contribution in [2.45, 2.75) is 51.2 Å². The number of aryl methyl sites for hydroxylation is 2. The van der Waals surface area contributed by atoms with Crippen molar-refractivity contribution >= 4 is 11.8 Å². The Morgan fingerprint density at radius 1 is 1.27 bits per heavy atom. The Morgan fingerprint density at radius 2 is 1.92 bits per heavy atom. The molecular weight excluding hydrogens is 335 g/mol. The lowest BCUT2D eigenvalue weighted by atomic mass is 9.93. The Bertz CT molecular complexity index is 765. The second kappa shape index (κ2) is 7.86. The molecule has 7 heteroatoms. The average molecular weight is 360 g/mol. The maximum Gasteiger partial charge on any atom is 0.320 e. The Hall–Kier alpha value is -2.41. The molecule has 0 aliphatic heterocycles. The van der Waals surface area contributed by atoms with Crippen molar-refractivity contribution in [3.8, 4) is 11.1 Å². The molecule has 0 saturated heterocycles. The van der Waals surface area contributed by atoms with Crippen LogP contribution in [-0.2, 0) is 13.5 Å². The number of rotatable bonds is 4. The van der Waals surface area contributed by atoms with Crippen molar-refractivity contribution in [1.29, 1.82) is 0 Å². The second-order valence-electron chi connectivity index (χ2n) is 6.76. The predicted molar refractivity (Wildman–Crippen MR) is 98.4 cm³/mol. The molecule has 0 bridgehead atoms. The van der Waals surface area contributed by atoms with Gasteiger partial charge in [-0.1, -0.05) is 19.1 Å². The molecule has 140 valence electrons. The number of carbonyl (C=O) groups excluding carboxylic acids is 1. The minimum Gasteiger partial charge on any atom is -0.393 e. The first-order valence-corrected chi connectivity index (χ1v) is 9.05. The van der Waals surface area contributed by atoms with E-state index in [4.69, 9.17) is 0 Å². The minimum atomic E-state index is -0.303. The van der Waals surface area contributed by atoms with Crippen molar-refractivity contribution in [2.75, 3.05) is 5.32 Å². The molecule has 0 unspecified atom stereocenters. The predicted octanol–water partition coefficient (Wildman–Crippen LogP) is 3.21. The fourth-order valence-corrected chi connectivity index (χ4v) is 3.44. The van der Waals surface area contributed by atoms with Crippen LogP contribution >= 0.6 is 0 Å². The number of aromatic nitrogens is 2. The van der Waals surface area contributed by atoms with E-state index >= 15 is 0 Å². The molecule has 0 radical (unpaired) electrons. The van der Waals surface area contributed by atoms with Crippen LogP contribution in [-0.4, -0.2) is 33.1 Å². The molecule has 1 aromatic carbocycles. The molecule has 3 N–H and O–H groups in total. The van der Waals surface area contributed by atoms with Crippen molar-refractivity contribution in [1.82, 2.24) is 15.1 Å². The third kappa shape index (κ3) is 4.04. The Balaban J connectivity index is 1.79. The highest BCUT2D eigenvalue weighted by Gasteiger charge is 2.23. The molecular formula is C19H25FN4O2. The summed E-state index contributed by atoms with van der Waals surface area (Å²) in [6, 6.07) is 5.96. The molecule has 2 aromatic rings. The fourth-order valence-electron chi connectivity index (χ4n) is 3.44. The number of nitrogens with zero attached hydrogens (tertiary/aromatic N) is 2. The van der Waals surface area contributed by atoms with Gasteiger partial charge in [-0.25, -0.2) is 9.18 Å². The first-order chi connectivity index (χ1) is 12.5. The standard InChI is InChI=1S/C19H25FN4O2/c1-3-16-17(12-4-6-13(20)7-5-12)18(24(2)23-16)22-19(26)21-14-8-10-15(25)11-9-14/h4-7,14-15,25H,3,8-11H2,1-2H3,(H2,21,22,26). The number of hydrogen-bond acceptors (Lipinski definition) is 3.